The molecule has 0 aliphatic heterocycles. The number of carbonyl (C=O) groups is 2. The third-order valence-corrected chi connectivity index (χ3v) is 5.18. The van der Waals surface area contributed by atoms with Gasteiger partial charge in [0.15, 0.2) is 12.4 Å². The second kappa shape index (κ2) is 10.8. The topological polar surface area (TPSA) is 90.1 Å². The van der Waals surface area contributed by atoms with Crippen molar-refractivity contribution in [1.29, 1.82) is 0 Å². The minimum absolute atomic E-state index is 0.0454. The lowest BCUT2D eigenvalue weighted by molar-refractivity contribution is -0.123. The van der Waals surface area contributed by atoms with Crippen LogP contribution >= 0.6 is 55.1 Å². The number of amides is 1. The first-order valence-corrected chi connectivity index (χ1v) is 10.8. The Kier molecular flexibility index (Phi) is 8.14. The lowest BCUT2D eigenvalue weighted by Crippen LogP contribution is -2.24. The minimum Gasteiger partial charge on any atom is -0.482 e. The van der Waals surface area contributed by atoms with Crippen LogP contribution in [0.15, 0.2) is 67.2 Å². The Bertz CT molecular complexity index is 1140. The van der Waals surface area contributed by atoms with Crippen LogP contribution in [0.25, 0.3) is 0 Å². The van der Waals surface area contributed by atoms with Crippen molar-refractivity contribution in [2.75, 3.05) is 6.61 Å². The van der Waals surface area contributed by atoms with Crippen molar-refractivity contribution in [1.82, 2.24) is 5.43 Å². The first-order chi connectivity index (χ1) is 14.8. The molecule has 3 aromatic rings. The van der Waals surface area contributed by atoms with E-state index in [0.717, 1.165) is 0 Å². The van der Waals surface area contributed by atoms with Crippen LogP contribution in [0.5, 0.6) is 11.5 Å². The Morgan fingerprint density at radius 1 is 1.16 bits per heavy atom. The van der Waals surface area contributed by atoms with E-state index in [1.807, 2.05) is 0 Å². The highest BCUT2D eigenvalue weighted by atomic mass is 79.9. The molecule has 0 aliphatic rings. The highest BCUT2D eigenvalue weighted by molar-refractivity contribution is 9.11. The Morgan fingerprint density at radius 3 is 2.68 bits per heavy atom. The molecule has 3 rings (SSSR count). The number of nitrogens with one attached hydrogen (secondary N) is 1. The molecule has 1 amide bonds. The average molecular weight is 591 g/mol. The minimum atomic E-state index is -0.681. The van der Waals surface area contributed by atoms with Gasteiger partial charge in [-0.3, -0.25) is 4.79 Å². The van der Waals surface area contributed by atoms with E-state index in [0.29, 0.717) is 25.3 Å². The Morgan fingerprint density at radius 2 is 1.97 bits per heavy atom. The summed E-state index contributed by atoms with van der Waals surface area (Å²) >= 11 is 18.5. The number of carbonyl (C=O) groups excluding carboxylic acids is 2. The van der Waals surface area contributed by atoms with Crippen molar-refractivity contribution >= 4 is 73.2 Å². The zero-order valence-electron chi connectivity index (χ0n) is 15.4. The van der Waals surface area contributed by atoms with Crippen LogP contribution in [0.1, 0.15) is 16.1 Å². The van der Waals surface area contributed by atoms with Crippen LogP contribution in [0, 0.1) is 0 Å². The molecule has 0 saturated heterocycles. The first-order valence-electron chi connectivity index (χ1n) is 8.48. The van der Waals surface area contributed by atoms with E-state index >= 15 is 0 Å². The molecule has 2 aromatic carbocycles. The summed E-state index contributed by atoms with van der Waals surface area (Å²) in [6.07, 6.45) is 2.69. The third kappa shape index (κ3) is 6.57. The molecule has 1 heterocycles. The normalized spacial score (nSPS) is 10.8. The van der Waals surface area contributed by atoms with Gasteiger partial charge in [0, 0.05) is 15.1 Å². The molecule has 1 N–H and O–H groups in total. The van der Waals surface area contributed by atoms with Crippen LogP contribution in [-0.4, -0.2) is 24.7 Å². The second-order valence-corrected chi connectivity index (χ2v) is 8.44. The molecule has 0 saturated carbocycles. The summed E-state index contributed by atoms with van der Waals surface area (Å²) in [5.74, 6) is -0.644. The molecule has 11 heteroatoms. The number of rotatable bonds is 7. The standard InChI is InChI=1S/C20H12Br2Cl2N2O5/c21-12-6-11(19(14(22)7-12)31-20(28)17-2-1-5-29-17)9-25-26-18(27)10-30-16-4-3-13(23)8-15(16)24/h1-9H,10H2,(H,26,27)/b25-9+. The maximum atomic E-state index is 12.2. The van der Waals surface area contributed by atoms with Crippen molar-refractivity contribution in [3.8, 4) is 11.5 Å². The molecular formula is C20H12Br2Cl2N2O5. The summed E-state index contributed by atoms with van der Waals surface area (Å²) in [5.41, 5.74) is 2.75. The predicted octanol–water partition coefficient (Wildman–Crippen LogP) is 5.86. The first kappa shape index (κ1) is 23.3. The molecule has 0 spiro atoms. The van der Waals surface area contributed by atoms with Gasteiger partial charge in [0.1, 0.15) is 5.75 Å². The molecular weight excluding hydrogens is 579 g/mol. The van der Waals surface area contributed by atoms with E-state index in [4.69, 9.17) is 37.1 Å². The fraction of sp³-hybridized carbons (Fsp3) is 0.0500. The number of nitrogens with zero attached hydrogens (tertiary/aromatic N) is 1. The lowest BCUT2D eigenvalue weighted by atomic mass is 10.2. The number of benzene rings is 2. The van der Waals surface area contributed by atoms with Gasteiger partial charge in [-0.05, 0) is 58.4 Å². The summed E-state index contributed by atoms with van der Waals surface area (Å²) in [5, 5.41) is 4.63. The molecule has 0 bridgehead atoms. The van der Waals surface area contributed by atoms with Crippen molar-refractivity contribution < 1.29 is 23.5 Å². The van der Waals surface area contributed by atoms with Gasteiger partial charge in [-0.25, -0.2) is 10.2 Å². The summed E-state index contributed by atoms with van der Waals surface area (Å²) in [4.78, 5) is 24.2. The summed E-state index contributed by atoms with van der Waals surface area (Å²) in [6, 6.07) is 11.1. The van der Waals surface area contributed by atoms with Gasteiger partial charge in [0.25, 0.3) is 5.91 Å². The van der Waals surface area contributed by atoms with E-state index in [1.54, 1.807) is 30.3 Å². The molecule has 1 aromatic heterocycles. The quantitative estimate of drug-likeness (QED) is 0.161. The van der Waals surface area contributed by atoms with Gasteiger partial charge >= 0.3 is 5.97 Å². The van der Waals surface area contributed by atoms with Crippen LogP contribution in [0.4, 0.5) is 0 Å². The molecule has 0 aliphatic carbocycles. The zero-order valence-corrected chi connectivity index (χ0v) is 20.1. The molecule has 0 fully saturated rings. The van der Waals surface area contributed by atoms with E-state index in [1.165, 1.54) is 24.6 Å². The fourth-order valence-electron chi connectivity index (χ4n) is 2.26. The number of hydrogen-bond acceptors (Lipinski definition) is 6. The lowest BCUT2D eigenvalue weighted by Gasteiger charge is -2.10. The van der Waals surface area contributed by atoms with E-state index in [2.05, 4.69) is 42.4 Å². The molecule has 160 valence electrons. The SMILES string of the molecule is O=C(COc1ccc(Cl)cc1Cl)N/N=C/c1cc(Br)cc(Br)c1OC(=O)c1ccco1. The number of halogens is 4. The van der Waals surface area contributed by atoms with E-state index in [9.17, 15) is 9.59 Å². The van der Waals surface area contributed by atoms with Gasteiger partial charge < -0.3 is 13.9 Å². The molecule has 0 radical (unpaired) electrons. The highest BCUT2D eigenvalue weighted by Gasteiger charge is 2.17. The van der Waals surface area contributed by atoms with E-state index < -0.39 is 11.9 Å². The monoisotopic (exact) mass is 588 g/mol. The van der Waals surface area contributed by atoms with Crippen LogP contribution in [-0.2, 0) is 4.79 Å². The predicted molar refractivity (Wildman–Crippen MR) is 123 cm³/mol. The van der Waals surface area contributed by atoms with Crippen molar-refractivity contribution in [3.05, 3.63) is 79.0 Å². The van der Waals surface area contributed by atoms with Gasteiger partial charge in [0.05, 0.1) is 22.0 Å². The number of furan rings is 1. The molecule has 0 atom stereocenters. The molecule has 0 unspecified atom stereocenters. The summed E-state index contributed by atoms with van der Waals surface area (Å²) in [6.45, 7) is -0.318. The van der Waals surface area contributed by atoms with Gasteiger partial charge in [0.2, 0.25) is 5.76 Å². The fourth-order valence-corrected chi connectivity index (χ4v) is 4.07. The molecule has 31 heavy (non-hydrogen) atoms. The third-order valence-electron chi connectivity index (χ3n) is 3.60. The smallest absolute Gasteiger partial charge is 0.379 e. The van der Waals surface area contributed by atoms with Crippen molar-refractivity contribution in [3.63, 3.8) is 0 Å². The van der Waals surface area contributed by atoms with Crippen molar-refractivity contribution in [2.24, 2.45) is 5.10 Å². The number of hydrogen-bond donors (Lipinski definition) is 1. The number of ether oxygens (including phenoxy) is 2. The van der Waals surface area contributed by atoms with Crippen LogP contribution < -0.4 is 14.9 Å². The maximum absolute atomic E-state index is 12.2. The summed E-state index contributed by atoms with van der Waals surface area (Å²) in [7, 11) is 0. The Labute approximate surface area is 203 Å². The zero-order chi connectivity index (χ0) is 22.4. The Hall–Kier alpha value is -2.33. The average Bonchev–Trinajstić information content (AvgIpc) is 3.24. The van der Waals surface area contributed by atoms with Gasteiger partial charge in [-0.1, -0.05) is 39.1 Å². The largest absolute Gasteiger partial charge is 0.482 e. The van der Waals surface area contributed by atoms with Gasteiger partial charge in [-0.2, -0.15) is 5.10 Å². The Balaban J connectivity index is 1.65. The van der Waals surface area contributed by atoms with E-state index in [-0.39, 0.29) is 23.1 Å². The van der Waals surface area contributed by atoms with Crippen LogP contribution in [0.2, 0.25) is 10.0 Å². The van der Waals surface area contributed by atoms with Crippen molar-refractivity contribution in [2.45, 2.75) is 0 Å². The number of hydrazone groups is 1. The van der Waals surface area contributed by atoms with Gasteiger partial charge in [-0.15, -0.1) is 0 Å². The highest BCUT2D eigenvalue weighted by Crippen LogP contribution is 2.33. The maximum Gasteiger partial charge on any atom is 0.379 e. The summed E-state index contributed by atoms with van der Waals surface area (Å²) < 4.78 is 17.0. The van der Waals surface area contributed by atoms with Crippen LogP contribution in [0.3, 0.4) is 0 Å². The molecule has 7 nitrogen and oxygen atoms in total. The number of esters is 1. The second-order valence-electron chi connectivity index (χ2n) is 5.83.